The van der Waals surface area contributed by atoms with Gasteiger partial charge in [-0.3, -0.25) is 0 Å². The summed E-state index contributed by atoms with van der Waals surface area (Å²) in [6.45, 7) is 13.9. The Morgan fingerprint density at radius 1 is 0.388 bits per heavy atom. The number of hydrogen-bond acceptors (Lipinski definition) is 3. The molecule has 67 heavy (non-hydrogen) atoms. The van der Waals surface area contributed by atoms with Gasteiger partial charge in [0.05, 0.1) is 16.8 Å². The molecule has 1 aliphatic carbocycles. The Hall–Kier alpha value is -7.56. The minimum atomic E-state index is -0.519. The number of fused-ring (bicyclic) bond motifs is 13. The van der Waals surface area contributed by atoms with Crippen molar-refractivity contribution in [3.05, 3.63) is 240 Å². The third-order valence-corrected chi connectivity index (χ3v) is 15.1. The summed E-state index contributed by atoms with van der Waals surface area (Å²) in [7, 11) is 0. The highest BCUT2D eigenvalue weighted by Crippen LogP contribution is 2.64. The second-order valence-electron chi connectivity index (χ2n) is 20.9. The average Bonchev–Trinajstić information content (AvgIpc) is 3.64. The lowest BCUT2D eigenvalue weighted by Gasteiger charge is -2.51. The van der Waals surface area contributed by atoms with Crippen LogP contribution in [-0.2, 0) is 16.2 Å². The van der Waals surface area contributed by atoms with Crippen LogP contribution in [0.15, 0.2) is 206 Å². The third kappa shape index (κ3) is 5.59. The topological polar surface area (TPSA) is 9.72 Å². The van der Waals surface area contributed by atoms with Gasteiger partial charge in [-0.25, -0.2) is 0 Å². The molecule has 4 aliphatic rings. The first-order chi connectivity index (χ1) is 32.5. The van der Waals surface area contributed by atoms with E-state index in [1.54, 1.807) is 0 Å². The monoisotopic (exact) mass is 861 g/mol. The van der Waals surface area contributed by atoms with Crippen LogP contribution in [0.1, 0.15) is 74.9 Å². The first-order valence-electron chi connectivity index (χ1n) is 23.9. The molecular formula is C63H52BN3. The number of benzene rings is 9. The van der Waals surface area contributed by atoms with E-state index in [9.17, 15) is 0 Å². The van der Waals surface area contributed by atoms with Crippen molar-refractivity contribution in [1.29, 1.82) is 0 Å². The Kier molecular flexibility index (Phi) is 8.45. The van der Waals surface area contributed by atoms with E-state index in [-0.39, 0.29) is 17.5 Å². The highest BCUT2D eigenvalue weighted by molar-refractivity contribution is 7.00. The largest absolute Gasteiger partial charge is 0.311 e. The Balaban J connectivity index is 1.18. The summed E-state index contributed by atoms with van der Waals surface area (Å²) in [4.78, 5) is 7.66. The Bertz CT molecular complexity index is 3370. The molecule has 0 amide bonds. The first-order valence-corrected chi connectivity index (χ1v) is 23.9. The predicted octanol–water partition coefficient (Wildman–Crippen LogP) is 14.5. The lowest BCUT2D eigenvalue weighted by atomic mass is 9.32. The SMILES string of the molecule is CC(C)(C)c1ccc(N2c3ccc(C(C)(C)C)cc3B3c4cccc5c4N(c4ccccc4C54c5ccccc5-c5ccccc54)c4cc(N(c5ccccc5)c5ccccc5)cc2c43)cc1. The highest BCUT2D eigenvalue weighted by Gasteiger charge is 2.55. The Morgan fingerprint density at radius 3 is 1.52 bits per heavy atom. The van der Waals surface area contributed by atoms with Crippen molar-refractivity contribution in [2.45, 2.75) is 57.8 Å². The first kappa shape index (κ1) is 39.8. The summed E-state index contributed by atoms with van der Waals surface area (Å²) in [6, 6.07) is 78.2. The summed E-state index contributed by atoms with van der Waals surface area (Å²) in [5.74, 6) is 0. The molecule has 3 nitrogen and oxygen atoms in total. The molecule has 0 fully saturated rings. The van der Waals surface area contributed by atoms with Crippen LogP contribution in [-0.4, -0.2) is 6.71 Å². The fraction of sp³-hybridized carbons (Fsp3) is 0.143. The van der Waals surface area contributed by atoms with Crippen LogP contribution in [0, 0.1) is 0 Å². The average molecular weight is 862 g/mol. The molecule has 0 saturated carbocycles. The molecule has 0 radical (unpaired) electrons. The van der Waals surface area contributed by atoms with Crippen LogP contribution in [0.3, 0.4) is 0 Å². The molecule has 3 aliphatic heterocycles. The lowest BCUT2D eigenvalue weighted by molar-refractivity contribution is 0.590. The quantitative estimate of drug-likeness (QED) is 0.163. The fourth-order valence-corrected chi connectivity index (χ4v) is 12.1. The normalized spacial score (nSPS) is 14.4. The Morgan fingerprint density at radius 2 is 0.910 bits per heavy atom. The van der Waals surface area contributed by atoms with E-state index in [0.29, 0.717) is 0 Å². The van der Waals surface area contributed by atoms with E-state index in [2.05, 4.69) is 262 Å². The standard InChI is InChI=1S/C63H52BN3/c1-61(2,3)41-32-35-45(36-33-41)66-56-37-34-42(62(4,5)6)38-54(56)64-53-30-19-29-52-60(53)67(55-31-18-17-28-51(55)63(52)49-26-15-13-24-47(49)48-25-14-16-27-50(48)63)58-40-46(39-57(66)59(58)64)65(43-20-9-7-10-21-43)44-22-11-8-12-23-44/h7-40H,1-6H3. The van der Waals surface area contributed by atoms with Gasteiger partial charge in [-0.1, -0.05) is 187 Å². The van der Waals surface area contributed by atoms with Crippen molar-refractivity contribution in [3.8, 4) is 11.1 Å². The molecule has 0 bridgehead atoms. The number of rotatable bonds is 4. The number of anilines is 9. The van der Waals surface area contributed by atoms with Crippen LogP contribution in [0.2, 0.25) is 0 Å². The molecule has 9 aromatic rings. The molecule has 3 heterocycles. The van der Waals surface area contributed by atoms with Crippen molar-refractivity contribution in [3.63, 3.8) is 0 Å². The summed E-state index contributed by atoms with van der Waals surface area (Å²) >= 11 is 0. The Labute approximate surface area is 395 Å². The zero-order valence-corrected chi connectivity index (χ0v) is 39.0. The molecular weight excluding hydrogens is 810 g/mol. The molecule has 13 rings (SSSR count). The van der Waals surface area contributed by atoms with E-state index >= 15 is 0 Å². The second kappa shape index (κ2) is 14.2. The van der Waals surface area contributed by atoms with E-state index in [0.717, 1.165) is 22.7 Å². The van der Waals surface area contributed by atoms with Gasteiger partial charge >= 0.3 is 0 Å². The molecule has 0 atom stereocenters. The second-order valence-corrected chi connectivity index (χ2v) is 20.9. The molecule has 4 heteroatoms. The van der Waals surface area contributed by atoms with Crippen LogP contribution in [0.4, 0.5) is 51.2 Å². The van der Waals surface area contributed by atoms with Crippen molar-refractivity contribution >= 4 is 74.3 Å². The van der Waals surface area contributed by atoms with E-state index < -0.39 is 5.41 Å². The minimum Gasteiger partial charge on any atom is -0.311 e. The van der Waals surface area contributed by atoms with Gasteiger partial charge in [-0.15, -0.1) is 0 Å². The number of hydrogen-bond donors (Lipinski definition) is 0. The van der Waals surface area contributed by atoms with Crippen LogP contribution >= 0.6 is 0 Å². The smallest absolute Gasteiger partial charge is 0.252 e. The van der Waals surface area contributed by atoms with Gasteiger partial charge in [0.2, 0.25) is 0 Å². The summed E-state index contributed by atoms with van der Waals surface area (Å²) < 4.78 is 0. The highest BCUT2D eigenvalue weighted by atomic mass is 15.2. The van der Waals surface area contributed by atoms with Crippen molar-refractivity contribution < 1.29 is 0 Å². The summed E-state index contributed by atoms with van der Waals surface area (Å²) in [5, 5.41) is 0. The predicted molar refractivity (Wildman–Crippen MR) is 283 cm³/mol. The lowest BCUT2D eigenvalue weighted by Crippen LogP contribution is -2.62. The fourth-order valence-electron chi connectivity index (χ4n) is 12.1. The van der Waals surface area contributed by atoms with E-state index in [4.69, 9.17) is 0 Å². The molecule has 9 aromatic carbocycles. The third-order valence-electron chi connectivity index (χ3n) is 15.1. The molecule has 0 N–H and O–H groups in total. The van der Waals surface area contributed by atoms with Crippen LogP contribution < -0.4 is 31.1 Å². The maximum absolute atomic E-state index is 2.65. The maximum atomic E-state index is 2.65. The summed E-state index contributed by atoms with van der Waals surface area (Å²) in [6.07, 6.45) is 0. The van der Waals surface area contributed by atoms with Crippen LogP contribution in [0.25, 0.3) is 11.1 Å². The molecule has 0 aromatic heterocycles. The molecule has 1 spiro atoms. The molecule has 322 valence electrons. The van der Waals surface area contributed by atoms with E-state index in [1.807, 2.05) is 0 Å². The van der Waals surface area contributed by atoms with Crippen molar-refractivity contribution in [2.75, 3.05) is 14.7 Å². The van der Waals surface area contributed by atoms with Crippen molar-refractivity contribution in [2.24, 2.45) is 0 Å². The van der Waals surface area contributed by atoms with Crippen molar-refractivity contribution in [1.82, 2.24) is 0 Å². The number of nitrogens with zero attached hydrogens (tertiary/aromatic N) is 3. The summed E-state index contributed by atoms with van der Waals surface area (Å²) in [5.41, 5.74) is 24.7. The molecule has 0 saturated heterocycles. The zero-order valence-electron chi connectivity index (χ0n) is 39.0. The van der Waals surface area contributed by atoms with Gasteiger partial charge in [0.1, 0.15) is 0 Å². The van der Waals surface area contributed by atoms with Gasteiger partial charge in [0, 0.05) is 39.8 Å². The van der Waals surface area contributed by atoms with Gasteiger partial charge in [-0.05, 0) is 132 Å². The van der Waals surface area contributed by atoms with Gasteiger partial charge in [0.25, 0.3) is 6.71 Å². The zero-order chi connectivity index (χ0) is 45.4. The van der Waals surface area contributed by atoms with Gasteiger partial charge in [0.15, 0.2) is 0 Å². The van der Waals surface area contributed by atoms with Gasteiger partial charge < -0.3 is 14.7 Å². The van der Waals surface area contributed by atoms with E-state index in [1.165, 1.54) is 89.3 Å². The maximum Gasteiger partial charge on any atom is 0.252 e. The number of para-hydroxylation sites is 4. The molecule has 0 unspecified atom stereocenters. The minimum absolute atomic E-state index is 0.0246. The van der Waals surface area contributed by atoms with Crippen LogP contribution in [0.5, 0.6) is 0 Å². The van der Waals surface area contributed by atoms with Gasteiger partial charge in [-0.2, -0.15) is 0 Å².